The van der Waals surface area contributed by atoms with Crippen LogP contribution in [0.4, 0.5) is 8.78 Å². The van der Waals surface area contributed by atoms with Crippen LogP contribution in [0.1, 0.15) is 24.8 Å². The lowest BCUT2D eigenvalue weighted by Crippen LogP contribution is -2.41. The van der Waals surface area contributed by atoms with Crippen molar-refractivity contribution >= 4 is 21.6 Å². The molecular formula is C12H14ClF2NO2S. The minimum absolute atomic E-state index is 0.103. The van der Waals surface area contributed by atoms with Gasteiger partial charge in [-0.3, -0.25) is 0 Å². The van der Waals surface area contributed by atoms with E-state index in [1.54, 1.807) is 0 Å². The van der Waals surface area contributed by atoms with Crippen molar-refractivity contribution in [2.45, 2.75) is 36.1 Å². The Morgan fingerprint density at radius 3 is 2.47 bits per heavy atom. The summed E-state index contributed by atoms with van der Waals surface area (Å²) < 4.78 is 53.1. The monoisotopic (exact) mass is 309 g/mol. The van der Waals surface area contributed by atoms with Crippen molar-refractivity contribution in [2.75, 3.05) is 7.05 Å². The van der Waals surface area contributed by atoms with Gasteiger partial charge in [0.05, 0.1) is 5.88 Å². The summed E-state index contributed by atoms with van der Waals surface area (Å²) in [6, 6.07) is 1.78. The summed E-state index contributed by atoms with van der Waals surface area (Å²) in [5.41, 5.74) is -0.412. The van der Waals surface area contributed by atoms with E-state index in [-0.39, 0.29) is 6.04 Å². The van der Waals surface area contributed by atoms with Crippen molar-refractivity contribution in [3.05, 3.63) is 29.3 Å². The fourth-order valence-corrected chi connectivity index (χ4v) is 3.75. The standard InChI is InChI=1S/C12H14ClF2NO2S/c1-16(8-3-2-4-8)19(17,18)11-6-5-10(14)9(7-13)12(11)15/h5-6,8H,2-4,7H2,1H3. The van der Waals surface area contributed by atoms with E-state index in [0.29, 0.717) is 0 Å². The molecule has 0 atom stereocenters. The van der Waals surface area contributed by atoms with Gasteiger partial charge in [0.15, 0.2) is 5.82 Å². The van der Waals surface area contributed by atoms with Gasteiger partial charge in [0.1, 0.15) is 10.7 Å². The van der Waals surface area contributed by atoms with Crippen LogP contribution in [0.2, 0.25) is 0 Å². The summed E-state index contributed by atoms with van der Waals surface area (Å²) in [7, 11) is -2.53. The van der Waals surface area contributed by atoms with Crippen molar-refractivity contribution in [1.29, 1.82) is 0 Å². The highest BCUT2D eigenvalue weighted by Gasteiger charge is 2.34. The molecular weight excluding hydrogens is 296 g/mol. The van der Waals surface area contributed by atoms with E-state index < -0.39 is 38.0 Å². The second-order valence-corrected chi connectivity index (χ2v) is 6.81. The van der Waals surface area contributed by atoms with Gasteiger partial charge in [-0.1, -0.05) is 6.42 Å². The molecule has 0 bridgehead atoms. The van der Waals surface area contributed by atoms with Crippen LogP contribution in [-0.4, -0.2) is 25.8 Å². The van der Waals surface area contributed by atoms with Crippen LogP contribution < -0.4 is 0 Å². The third kappa shape index (κ3) is 2.49. The summed E-state index contributed by atoms with van der Waals surface area (Å²) in [6.07, 6.45) is 2.49. The van der Waals surface area contributed by atoms with Crippen LogP contribution in [0.25, 0.3) is 0 Å². The highest BCUT2D eigenvalue weighted by molar-refractivity contribution is 7.89. The summed E-state index contributed by atoms with van der Waals surface area (Å²) in [6.45, 7) is 0. The molecule has 3 nitrogen and oxygen atoms in total. The van der Waals surface area contributed by atoms with Crippen LogP contribution in [0.15, 0.2) is 17.0 Å². The maximum Gasteiger partial charge on any atom is 0.245 e. The van der Waals surface area contributed by atoms with Crippen LogP contribution >= 0.6 is 11.6 Å². The third-order valence-corrected chi connectivity index (χ3v) is 5.72. The van der Waals surface area contributed by atoms with Crippen LogP contribution in [0, 0.1) is 11.6 Å². The molecule has 1 saturated carbocycles. The van der Waals surface area contributed by atoms with Gasteiger partial charge in [0.25, 0.3) is 0 Å². The van der Waals surface area contributed by atoms with Gasteiger partial charge in [0.2, 0.25) is 10.0 Å². The Hall–Kier alpha value is -0.720. The molecule has 0 saturated heterocycles. The minimum Gasteiger partial charge on any atom is -0.207 e. The molecule has 2 rings (SSSR count). The first kappa shape index (κ1) is 14.7. The zero-order chi connectivity index (χ0) is 14.2. The molecule has 0 aromatic heterocycles. The molecule has 0 N–H and O–H groups in total. The molecule has 1 aromatic carbocycles. The molecule has 106 valence electrons. The van der Waals surface area contributed by atoms with Gasteiger partial charge in [-0.2, -0.15) is 4.31 Å². The first-order chi connectivity index (χ1) is 8.89. The Morgan fingerprint density at radius 2 is 2.00 bits per heavy atom. The van der Waals surface area contributed by atoms with Crippen molar-refractivity contribution in [1.82, 2.24) is 4.31 Å². The number of alkyl halides is 1. The lowest BCUT2D eigenvalue weighted by molar-refractivity contribution is 0.249. The predicted octanol–water partition coefficient (Wildman–Crippen LogP) is 2.88. The van der Waals surface area contributed by atoms with Gasteiger partial charge in [-0.25, -0.2) is 17.2 Å². The quantitative estimate of drug-likeness (QED) is 0.802. The number of hydrogen-bond acceptors (Lipinski definition) is 2. The minimum atomic E-state index is -3.95. The molecule has 0 unspecified atom stereocenters. The second-order valence-electron chi connectivity index (χ2n) is 4.58. The molecule has 7 heteroatoms. The fraction of sp³-hybridized carbons (Fsp3) is 0.500. The largest absolute Gasteiger partial charge is 0.245 e. The average Bonchev–Trinajstić information content (AvgIpc) is 2.26. The smallest absolute Gasteiger partial charge is 0.207 e. The zero-order valence-electron chi connectivity index (χ0n) is 10.4. The van der Waals surface area contributed by atoms with E-state index in [0.717, 1.165) is 35.7 Å². The molecule has 1 aliphatic carbocycles. The normalized spacial score (nSPS) is 16.7. The van der Waals surface area contributed by atoms with Gasteiger partial charge >= 0.3 is 0 Å². The van der Waals surface area contributed by atoms with Crippen molar-refractivity contribution in [3.63, 3.8) is 0 Å². The Morgan fingerprint density at radius 1 is 1.37 bits per heavy atom. The molecule has 1 fully saturated rings. The van der Waals surface area contributed by atoms with E-state index in [4.69, 9.17) is 11.6 Å². The topological polar surface area (TPSA) is 37.4 Å². The van der Waals surface area contributed by atoms with Gasteiger partial charge in [-0.15, -0.1) is 11.6 Å². The lowest BCUT2D eigenvalue weighted by atomic mass is 9.94. The zero-order valence-corrected chi connectivity index (χ0v) is 11.9. The molecule has 1 aromatic rings. The highest BCUT2D eigenvalue weighted by Crippen LogP contribution is 2.30. The molecule has 0 aliphatic heterocycles. The Balaban J connectivity index is 2.46. The van der Waals surface area contributed by atoms with E-state index in [1.807, 2.05) is 0 Å². The molecule has 0 heterocycles. The lowest BCUT2D eigenvalue weighted by Gasteiger charge is -2.33. The summed E-state index contributed by atoms with van der Waals surface area (Å²) in [5, 5.41) is 0. The second kappa shape index (κ2) is 5.34. The van der Waals surface area contributed by atoms with Crippen LogP contribution in [0.5, 0.6) is 0 Å². The maximum atomic E-state index is 14.0. The Labute approximate surface area is 116 Å². The number of nitrogens with zero attached hydrogens (tertiary/aromatic N) is 1. The third-order valence-electron chi connectivity index (χ3n) is 3.53. The van der Waals surface area contributed by atoms with Crippen molar-refractivity contribution in [2.24, 2.45) is 0 Å². The predicted molar refractivity (Wildman–Crippen MR) is 68.5 cm³/mol. The van der Waals surface area contributed by atoms with Crippen LogP contribution in [-0.2, 0) is 15.9 Å². The Bertz CT molecular complexity index is 588. The van der Waals surface area contributed by atoms with Crippen LogP contribution in [0.3, 0.4) is 0 Å². The van der Waals surface area contributed by atoms with Gasteiger partial charge in [-0.05, 0) is 25.0 Å². The fourth-order valence-electron chi connectivity index (χ4n) is 2.00. The first-order valence-electron chi connectivity index (χ1n) is 5.90. The number of sulfonamides is 1. The Kier molecular flexibility index (Phi) is 4.13. The number of hydrogen-bond donors (Lipinski definition) is 0. The van der Waals surface area contributed by atoms with Crippen molar-refractivity contribution < 1.29 is 17.2 Å². The number of halogens is 3. The molecule has 1 aliphatic rings. The number of rotatable bonds is 4. The van der Waals surface area contributed by atoms with E-state index in [2.05, 4.69) is 0 Å². The summed E-state index contributed by atoms with van der Waals surface area (Å²) in [4.78, 5) is -0.515. The average molecular weight is 310 g/mol. The summed E-state index contributed by atoms with van der Waals surface area (Å²) in [5.74, 6) is -2.34. The molecule has 19 heavy (non-hydrogen) atoms. The molecule has 0 spiro atoms. The van der Waals surface area contributed by atoms with E-state index in [9.17, 15) is 17.2 Å². The summed E-state index contributed by atoms with van der Waals surface area (Å²) >= 11 is 5.45. The SMILES string of the molecule is CN(C1CCC1)S(=O)(=O)c1ccc(F)c(CCl)c1F. The van der Waals surface area contributed by atoms with Crippen molar-refractivity contribution in [3.8, 4) is 0 Å². The van der Waals surface area contributed by atoms with E-state index in [1.165, 1.54) is 7.05 Å². The van der Waals surface area contributed by atoms with Gasteiger partial charge < -0.3 is 0 Å². The highest BCUT2D eigenvalue weighted by atomic mass is 35.5. The maximum absolute atomic E-state index is 14.0. The first-order valence-corrected chi connectivity index (χ1v) is 7.88. The molecule has 0 radical (unpaired) electrons. The van der Waals surface area contributed by atoms with E-state index >= 15 is 0 Å². The van der Waals surface area contributed by atoms with Gasteiger partial charge in [0, 0.05) is 18.7 Å². The molecule has 0 amide bonds. The number of benzene rings is 1.